The van der Waals surface area contributed by atoms with Gasteiger partial charge >= 0.3 is 5.97 Å². The van der Waals surface area contributed by atoms with E-state index in [4.69, 9.17) is 19.2 Å². The minimum atomic E-state index is -0.902. The van der Waals surface area contributed by atoms with Crippen molar-refractivity contribution in [3.8, 4) is 17.0 Å². The molecule has 2 atom stereocenters. The van der Waals surface area contributed by atoms with Gasteiger partial charge in [0.05, 0.1) is 23.8 Å². The van der Waals surface area contributed by atoms with E-state index < -0.39 is 11.4 Å². The van der Waals surface area contributed by atoms with Crippen molar-refractivity contribution in [2.75, 3.05) is 44.9 Å². The summed E-state index contributed by atoms with van der Waals surface area (Å²) in [7, 11) is 1.62. The summed E-state index contributed by atoms with van der Waals surface area (Å²) in [6, 6.07) is 17.0. The molecule has 44 heavy (non-hydrogen) atoms. The molecule has 2 saturated heterocycles. The number of aryl methyl sites for hydroxylation is 1. The Balaban J connectivity index is 1.21. The van der Waals surface area contributed by atoms with Crippen LogP contribution in [0.3, 0.4) is 0 Å². The number of aliphatic carboxylic acids is 1. The first kappa shape index (κ1) is 30.6. The maximum Gasteiger partial charge on any atom is 0.311 e. The fourth-order valence-electron chi connectivity index (χ4n) is 7.26. The lowest BCUT2D eigenvalue weighted by atomic mass is 9.83. The number of ether oxygens (including phenoxy) is 3. The molecule has 2 fully saturated rings. The Labute approximate surface area is 260 Å². The van der Waals surface area contributed by atoms with Gasteiger partial charge in [-0.05, 0) is 93.0 Å². The van der Waals surface area contributed by atoms with Crippen LogP contribution >= 0.6 is 0 Å². The van der Waals surface area contributed by atoms with Crippen LogP contribution in [0.5, 0.6) is 5.75 Å². The highest BCUT2D eigenvalue weighted by Crippen LogP contribution is 2.40. The molecule has 3 aromatic rings. The Bertz CT molecular complexity index is 1500. The maximum absolute atomic E-state index is 12.2. The molecule has 3 aliphatic rings. The van der Waals surface area contributed by atoms with Gasteiger partial charge in [0.25, 0.3) is 0 Å². The van der Waals surface area contributed by atoms with E-state index in [-0.39, 0.29) is 6.04 Å². The SMILES string of the molecule is COC[C@H]1N(c2cccc(-c3cc(C)ccc3OCc3ccc4c(c3C)CCN(C3CCOCC3)C4)n2)CC[C@@]1(C)C(=O)O. The summed E-state index contributed by atoms with van der Waals surface area (Å²) in [5.74, 6) is 0.734. The molecule has 0 spiro atoms. The van der Waals surface area contributed by atoms with Crippen LogP contribution in [0.1, 0.15) is 54.0 Å². The number of carboxylic acids is 1. The number of rotatable bonds is 9. The molecule has 0 unspecified atom stereocenters. The number of carbonyl (C=O) groups is 1. The predicted molar refractivity (Wildman–Crippen MR) is 171 cm³/mol. The van der Waals surface area contributed by atoms with Crippen molar-refractivity contribution in [2.24, 2.45) is 5.41 Å². The summed E-state index contributed by atoms with van der Waals surface area (Å²) >= 11 is 0. The van der Waals surface area contributed by atoms with E-state index in [0.29, 0.717) is 32.2 Å². The van der Waals surface area contributed by atoms with E-state index in [9.17, 15) is 9.90 Å². The zero-order valence-corrected chi connectivity index (χ0v) is 26.5. The molecule has 2 aromatic carbocycles. The molecule has 4 heterocycles. The summed E-state index contributed by atoms with van der Waals surface area (Å²) in [5.41, 5.74) is 7.41. The molecule has 0 amide bonds. The van der Waals surface area contributed by atoms with E-state index in [2.05, 4.69) is 47.9 Å². The van der Waals surface area contributed by atoms with E-state index >= 15 is 0 Å². The molecule has 234 valence electrons. The topological polar surface area (TPSA) is 84.4 Å². The monoisotopic (exact) mass is 599 g/mol. The summed E-state index contributed by atoms with van der Waals surface area (Å²) in [4.78, 5) is 22.0. The number of benzene rings is 2. The number of fused-ring (bicyclic) bond motifs is 1. The van der Waals surface area contributed by atoms with Gasteiger partial charge in [-0.25, -0.2) is 4.98 Å². The Morgan fingerprint density at radius 3 is 2.70 bits per heavy atom. The highest BCUT2D eigenvalue weighted by Gasteiger charge is 2.50. The maximum atomic E-state index is 12.2. The standard InChI is InChI=1S/C36H45N3O5/c1-24-8-11-32(44-22-27-10-9-26-21-38(16-12-29(26)25(27)2)28-13-18-43-19-14-28)30(20-24)31-6-5-7-34(37-31)39-17-15-36(3,35(40)41)33(39)23-42-4/h5-11,20,28,33H,12-19,21-23H2,1-4H3,(H,40,41)/t33-,36-/m1/s1. The number of methoxy groups -OCH3 is 1. The van der Waals surface area contributed by atoms with Crippen LogP contribution in [0.2, 0.25) is 0 Å². The number of hydrogen-bond acceptors (Lipinski definition) is 7. The second kappa shape index (κ2) is 12.9. The Morgan fingerprint density at radius 1 is 1.11 bits per heavy atom. The molecule has 0 radical (unpaired) electrons. The van der Waals surface area contributed by atoms with Crippen LogP contribution in [0.25, 0.3) is 11.3 Å². The van der Waals surface area contributed by atoms with Crippen LogP contribution in [0, 0.1) is 19.3 Å². The smallest absolute Gasteiger partial charge is 0.311 e. The van der Waals surface area contributed by atoms with Gasteiger partial charge in [0.1, 0.15) is 18.2 Å². The fourth-order valence-corrected chi connectivity index (χ4v) is 7.26. The first-order chi connectivity index (χ1) is 21.3. The number of hydrogen-bond donors (Lipinski definition) is 1. The lowest BCUT2D eigenvalue weighted by Gasteiger charge is -2.38. The van der Waals surface area contributed by atoms with Crippen molar-refractivity contribution in [2.45, 2.75) is 71.7 Å². The minimum Gasteiger partial charge on any atom is -0.488 e. The van der Waals surface area contributed by atoms with Gasteiger partial charge in [-0.15, -0.1) is 0 Å². The number of carboxylic acid groups (broad SMARTS) is 1. The molecule has 0 bridgehead atoms. The van der Waals surface area contributed by atoms with Crippen molar-refractivity contribution < 1.29 is 24.1 Å². The van der Waals surface area contributed by atoms with Gasteiger partial charge in [0, 0.05) is 51.6 Å². The molecular weight excluding hydrogens is 554 g/mol. The molecule has 8 nitrogen and oxygen atoms in total. The normalized spacial score (nSPS) is 22.6. The quantitative estimate of drug-likeness (QED) is 0.331. The van der Waals surface area contributed by atoms with Crippen LogP contribution in [0.4, 0.5) is 5.82 Å². The van der Waals surface area contributed by atoms with Crippen molar-refractivity contribution >= 4 is 11.8 Å². The third-order valence-corrected chi connectivity index (χ3v) is 10.2. The van der Waals surface area contributed by atoms with Gasteiger partial charge in [0.15, 0.2) is 0 Å². The average molecular weight is 600 g/mol. The molecular formula is C36H45N3O5. The molecule has 1 aromatic heterocycles. The van der Waals surface area contributed by atoms with Crippen LogP contribution < -0.4 is 9.64 Å². The third kappa shape index (κ3) is 5.95. The van der Waals surface area contributed by atoms with Crippen molar-refractivity contribution in [3.05, 3.63) is 76.3 Å². The highest BCUT2D eigenvalue weighted by molar-refractivity contribution is 5.77. The summed E-state index contributed by atoms with van der Waals surface area (Å²) < 4.78 is 17.6. The van der Waals surface area contributed by atoms with Crippen molar-refractivity contribution in [1.29, 1.82) is 0 Å². The van der Waals surface area contributed by atoms with Gasteiger partial charge in [-0.1, -0.05) is 29.8 Å². The second-order valence-electron chi connectivity index (χ2n) is 12.9. The van der Waals surface area contributed by atoms with E-state index in [1.807, 2.05) is 24.3 Å². The predicted octanol–water partition coefficient (Wildman–Crippen LogP) is 5.80. The molecule has 8 heteroatoms. The zero-order chi connectivity index (χ0) is 30.8. The molecule has 0 saturated carbocycles. The highest BCUT2D eigenvalue weighted by atomic mass is 16.5. The molecule has 3 aliphatic heterocycles. The van der Waals surface area contributed by atoms with Crippen molar-refractivity contribution in [1.82, 2.24) is 9.88 Å². The van der Waals surface area contributed by atoms with E-state index in [0.717, 1.165) is 74.0 Å². The van der Waals surface area contributed by atoms with Crippen molar-refractivity contribution in [3.63, 3.8) is 0 Å². The fraction of sp³-hybridized carbons (Fsp3) is 0.500. The number of anilines is 1. The molecule has 0 aliphatic carbocycles. The Morgan fingerprint density at radius 2 is 1.93 bits per heavy atom. The third-order valence-electron chi connectivity index (χ3n) is 10.2. The van der Waals surface area contributed by atoms with Crippen LogP contribution in [-0.2, 0) is 33.8 Å². The summed E-state index contributed by atoms with van der Waals surface area (Å²) in [6.07, 6.45) is 3.86. The first-order valence-electron chi connectivity index (χ1n) is 15.9. The van der Waals surface area contributed by atoms with E-state index in [1.165, 1.54) is 22.3 Å². The number of nitrogens with zero attached hydrogens (tertiary/aromatic N) is 3. The van der Waals surface area contributed by atoms with E-state index in [1.54, 1.807) is 14.0 Å². The lowest BCUT2D eigenvalue weighted by Crippen LogP contribution is -2.46. The molecule has 1 N–H and O–H groups in total. The second-order valence-corrected chi connectivity index (χ2v) is 12.9. The molecule has 6 rings (SSSR count). The number of aromatic nitrogens is 1. The minimum absolute atomic E-state index is 0.309. The zero-order valence-electron chi connectivity index (χ0n) is 26.5. The van der Waals surface area contributed by atoms with Gasteiger partial charge in [-0.2, -0.15) is 0 Å². The van der Waals surface area contributed by atoms with Gasteiger partial charge in [-0.3, -0.25) is 9.69 Å². The largest absolute Gasteiger partial charge is 0.488 e. The summed E-state index contributed by atoms with van der Waals surface area (Å²) in [5, 5.41) is 10.0. The van der Waals surface area contributed by atoms with Gasteiger partial charge in [0.2, 0.25) is 0 Å². The van der Waals surface area contributed by atoms with Crippen LogP contribution in [-0.4, -0.2) is 73.1 Å². The van der Waals surface area contributed by atoms with Gasteiger partial charge < -0.3 is 24.2 Å². The first-order valence-corrected chi connectivity index (χ1v) is 15.9. The summed E-state index contributed by atoms with van der Waals surface area (Å²) in [6.45, 7) is 11.4. The Kier molecular flexibility index (Phi) is 8.94. The Hall–Kier alpha value is -3.46. The number of pyridine rings is 1. The average Bonchev–Trinajstić information content (AvgIpc) is 3.39. The van der Waals surface area contributed by atoms with Crippen LogP contribution in [0.15, 0.2) is 48.5 Å². The lowest BCUT2D eigenvalue weighted by molar-refractivity contribution is -0.148.